The van der Waals surface area contributed by atoms with Crippen LogP contribution < -0.4 is 0 Å². The molecule has 0 spiro atoms. The zero-order valence-corrected chi connectivity index (χ0v) is 16.0. The third kappa shape index (κ3) is 3.68. The Balaban J connectivity index is 1.94. The number of benzene rings is 3. The lowest BCUT2D eigenvalue weighted by Crippen LogP contribution is -2.03. The Morgan fingerprint density at radius 3 is 1.80 bits per heavy atom. The lowest BCUT2D eigenvalue weighted by atomic mass is 10.1. The molecule has 1 aromatic heterocycles. The van der Waals surface area contributed by atoms with Crippen LogP contribution in [0.25, 0.3) is 34.2 Å². The van der Waals surface area contributed by atoms with Crippen LogP contribution in [-0.2, 0) is 4.74 Å². The van der Waals surface area contributed by atoms with Crippen LogP contribution in [0.3, 0.4) is 0 Å². The number of ether oxygens (including phenoxy) is 1. The Morgan fingerprint density at radius 1 is 0.733 bits per heavy atom. The fourth-order valence-corrected chi connectivity index (χ4v) is 2.97. The van der Waals surface area contributed by atoms with Gasteiger partial charge in [0, 0.05) is 5.56 Å². The van der Waals surface area contributed by atoms with E-state index in [4.69, 9.17) is 4.74 Å². The van der Waals surface area contributed by atoms with E-state index in [9.17, 15) is 15.0 Å². The lowest BCUT2D eigenvalue weighted by molar-refractivity contribution is 0.0601. The van der Waals surface area contributed by atoms with Gasteiger partial charge in [0.15, 0.2) is 17.5 Å². The van der Waals surface area contributed by atoms with Gasteiger partial charge in [-0.25, -0.2) is 19.7 Å². The van der Waals surface area contributed by atoms with E-state index in [-0.39, 0.29) is 29.0 Å². The minimum absolute atomic E-state index is 0.0150. The maximum atomic E-state index is 11.9. The normalized spacial score (nSPS) is 10.6. The van der Waals surface area contributed by atoms with Crippen molar-refractivity contribution in [3.8, 4) is 45.7 Å². The van der Waals surface area contributed by atoms with Crippen LogP contribution in [0.5, 0.6) is 11.5 Å². The van der Waals surface area contributed by atoms with Crippen LogP contribution in [0.4, 0.5) is 0 Å². The monoisotopic (exact) mass is 399 g/mol. The summed E-state index contributed by atoms with van der Waals surface area (Å²) in [6.45, 7) is 0. The number of phenolic OH excluding ortho intramolecular Hbond substituents is 2. The molecule has 0 fully saturated rings. The Morgan fingerprint density at radius 2 is 1.27 bits per heavy atom. The van der Waals surface area contributed by atoms with Gasteiger partial charge in [-0.05, 0) is 36.4 Å². The van der Waals surface area contributed by atoms with Crippen LogP contribution in [0, 0.1) is 0 Å². The summed E-state index contributed by atoms with van der Waals surface area (Å²) in [6, 6.07) is 20.1. The zero-order valence-electron chi connectivity index (χ0n) is 16.0. The quantitative estimate of drug-likeness (QED) is 0.498. The summed E-state index contributed by atoms with van der Waals surface area (Å²) in [5.74, 6) is 0.307. The van der Waals surface area contributed by atoms with Crippen molar-refractivity contribution in [3.63, 3.8) is 0 Å². The molecule has 0 atom stereocenters. The second-order valence-corrected chi connectivity index (χ2v) is 6.41. The first kappa shape index (κ1) is 19.1. The Labute approximate surface area is 172 Å². The number of aromatic nitrogens is 3. The summed E-state index contributed by atoms with van der Waals surface area (Å²) in [6.07, 6.45) is 0. The van der Waals surface area contributed by atoms with Gasteiger partial charge in [-0.2, -0.15) is 0 Å². The van der Waals surface area contributed by atoms with Gasteiger partial charge in [0.25, 0.3) is 0 Å². The SMILES string of the molecule is COC(=O)c1cccc(-c2nc(-c3ccccc3O)nc(-c3ccccc3O)n2)c1. The van der Waals surface area contributed by atoms with Crippen molar-refractivity contribution >= 4 is 5.97 Å². The van der Waals surface area contributed by atoms with Crippen LogP contribution in [0.15, 0.2) is 72.8 Å². The molecule has 3 aromatic carbocycles. The maximum Gasteiger partial charge on any atom is 0.337 e. The van der Waals surface area contributed by atoms with E-state index in [2.05, 4.69) is 15.0 Å². The van der Waals surface area contributed by atoms with Crippen molar-refractivity contribution < 1.29 is 19.7 Å². The summed E-state index contributed by atoms with van der Waals surface area (Å²) >= 11 is 0. The molecule has 0 aliphatic heterocycles. The summed E-state index contributed by atoms with van der Waals surface area (Å²) in [5, 5.41) is 20.6. The molecule has 7 heteroatoms. The second-order valence-electron chi connectivity index (χ2n) is 6.41. The Kier molecular flexibility index (Phi) is 5.09. The molecule has 0 saturated heterocycles. The van der Waals surface area contributed by atoms with E-state index < -0.39 is 5.97 Å². The largest absolute Gasteiger partial charge is 0.507 e. The molecule has 0 amide bonds. The number of methoxy groups -OCH3 is 1. The van der Waals surface area contributed by atoms with Gasteiger partial charge in [0.05, 0.1) is 23.8 Å². The molecular weight excluding hydrogens is 382 g/mol. The number of carbonyl (C=O) groups is 1. The van der Waals surface area contributed by atoms with Gasteiger partial charge >= 0.3 is 5.97 Å². The molecule has 7 nitrogen and oxygen atoms in total. The predicted octanol–water partition coefficient (Wildman–Crippen LogP) is 4.07. The van der Waals surface area contributed by atoms with Crippen molar-refractivity contribution in [2.24, 2.45) is 0 Å². The van der Waals surface area contributed by atoms with Crippen LogP contribution >= 0.6 is 0 Å². The van der Waals surface area contributed by atoms with Gasteiger partial charge < -0.3 is 14.9 Å². The number of para-hydroxylation sites is 2. The number of hydrogen-bond donors (Lipinski definition) is 2. The molecule has 148 valence electrons. The number of rotatable bonds is 4. The number of phenols is 2. The molecule has 0 radical (unpaired) electrons. The highest BCUT2D eigenvalue weighted by atomic mass is 16.5. The number of nitrogens with zero attached hydrogens (tertiary/aromatic N) is 3. The molecule has 0 aliphatic carbocycles. The minimum atomic E-state index is -0.479. The number of carbonyl (C=O) groups excluding carboxylic acids is 1. The van der Waals surface area contributed by atoms with E-state index in [1.54, 1.807) is 60.7 Å². The average molecular weight is 399 g/mol. The van der Waals surface area contributed by atoms with E-state index in [0.717, 1.165) is 0 Å². The van der Waals surface area contributed by atoms with Gasteiger partial charge in [-0.3, -0.25) is 0 Å². The van der Waals surface area contributed by atoms with E-state index in [1.165, 1.54) is 19.2 Å². The molecule has 2 N–H and O–H groups in total. The molecule has 0 bridgehead atoms. The van der Waals surface area contributed by atoms with E-state index >= 15 is 0 Å². The van der Waals surface area contributed by atoms with E-state index in [1.807, 2.05) is 0 Å². The summed E-state index contributed by atoms with van der Waals surface area (Å²) in [5.41, 5.74) is 1.75. The highest BCUT2D eigenvalue weighted by molar-refractivity contribution is 5.90. The highest BCUT2D eigenvalue weighted by Gasteiger charge is 2.17. The van der Waals surface area contributed by atoms with Crippen LogP contribution in [0.1, 0.15) is 10.4 Å². The minimum Gasteiger partial charge on any atom is -0.507 e. The standard InChI is InChI=1S/C23H17N3O4/c1-30-23(29)15-8-6-7-14(13-15)20-24-21(16-9-2-4-11-18(16)27)26-22(25-20)17-10-3-5-12-19(17)28/h2-13,27-28H,1H3. The number of aromatic hydroxyl groups is 2. The Bertz CT molecular complexity index is 1180. The molecule has 4 rings (SSSR count). The van der Waals surface area contributed by atoms with Crippen molar-refractivity contribution in [2.45, 2.75) is 0 Å². The molecule has 4 aromatic rings. The molecule has 1 heterocycles. The van der Waals surface area contributed by atoms with Gasteiger partial charge in [-0.1, -0.05) is 36.4 Å². The summed E-state index contributed by atoms with van der Waals surface area (Å²) in [7, 11) is 1.31. The smallest absolute Gasteiger partial charge is 0.337 e. The molecule has 0 unspecified atom stereocenters. The maximum absolute atomic E-state index is 11.9. The van der Waals surface area contributed by atoms with Crippen molar-refractivity contribution in [1.82, 2.24) is 15.0 Å². The second kappa shape index (κ2) is 8.00. The molecular formula is C23H17N3O4. The first-order valence-corrected chi connectivity index (χ1v) is 9.08. The van der Waals surface area contributed by atoms with Crippen molar-refractivity contribution in [3.05, 3.63) is 78.4 Å². The fourth-order valence-electron chi connectivity index (χ4n) is 2.97. The van der Waals surface area contributed by atoms with Crippen LogP contribution in [0.2, 0.25) is 0 Å². The van der Waals surface area contributed by atoms with Crippen LogP contribution in [-0.4, -0.2) is 38.2 Å². The highest BCUT2D eigenvalue weighted by Crippen LogP contribution is 2.32. The molecule has 0 saturated carbocycles. The third-order valence-electron chi connectivity index (χ3n) is 4.47. The number of esters is 1. The molecule has 0 aliphatic rings. The first-order chi connectivity index (χ1) is 14.6. The summed E-state index contributed by atoms with van der Waals surface area (Å²) in [4.78, 5) is 25.4. The van der Waals surface area contributed by atoms with Crippen molar-refractivity contribution in [1.29, 1.82) is 0 Å². The Hall–Kier alpha value is -4.26. The fraction of sp³-hybridized carbons (Fsp3) is 0.0435. The van der Waals surface area contributed by atoms with Gasteiger partial charge in [-0.15, -0.1) is 0 Å². The lowest BCUT2D eigenvalue weighted by Gasteiger charge is -2.10. The first-order valence-electron chi connectivity index (χ1n) is 9.08. The van der Waals surface area contributed by atoms with Crippen molar-refractivity contribution in [2.75, 3.05) is 7.11 Å². The predicted molar refractivity (Wildman–Crippen MR) is 111 cm³/mol. The topological polar surface area (TPSA) is 105 Å². The van der Waals surface area contributed by atoms with E-state index in [0.29, 0.717) is 22.3 Å². The molecule has 30 heavy (non-hydrogen) atoms. The average Bonchev–Trinajstić information content (AvgIpc) is 2.79. The zero-order chi connectivity index (χ0) is 21.1. The number of hydrogen-bond acceptors (Lipinski definition) is 7. The summed E-state index contributed by atoms with van der Waals surface area (Å²) < 4.78 is 4.79. The van der Waals surface area contributed by atoms with Gasteiger partial charge in [0.1, 0.15) is 11.5 Å². The third-order valence-corrected chi connectivity index (χ3v) is 4.47. The van der Waals surface area contributed by atoms with Gasteiger partial charge in [0.2, 0.25) is 0 Å².